The molecule has 1 fully saturated rings. The molecule has 1 amide bonds. The molecule has 1 rings (SSSR count). The van der Waals surface area contributed by atoms with Gasteiger partial charge in [0.25, 0.3) is 0 Å². The highest BCUT2D eigenvalue weighted by Gasteiger charge is 2.25. The number of ether oxygens (including phenoxy) is 1. The van der Waals surface area contributed by atoms with Crippen LogP contribution in [0.1, 0.15) is 20.3 Å². The molecule has 0 saturated carbocycles. The van der Waals surface area contributed by atoms with E-state index in [4.69, 9.17) is 9.84 Å². The molecular weight excluding hydrogens is 158 g/mol. The fourth-order valence-electron chi connectivity index (χ4n) is 1.18. The summed E-state index contributed by atoms with van der Waals surface area (Å²) in [6.07, 6.45) is -0.116. The number of rotatable bonds is 1. The third-order valence-electron chi connectivity index (χ3n) is 1.76. The molecule has 1 saturated heterocycles. The lowest BCUT2D eigenvalue weighted by Crippen LogP contribution is -2.31. The van der Waals surface area contributed by atoms with Gasteiger partial charge in [-0.15, -0.1) is 0 Å². The summed E-state index contributed by atoms with van der Waals surface area (Å²) in [7, 11) is 0. The van der Waals surface area contributed by atoms with Gasteiger partial charge in [-0.05, 0) is 20.3 Å². The Bertz CT molecular complexity index is 170. The van der Waals surface area contributed by atoms with Crippen LogP contribution in [-0.4, -0.2) is 41.4 Å². The Balaban J connectivity index is 2.33. The van der Waals surface area contributed by atoms with Gasteiger partial charge in [-0.1, -0.05) is 0 Å². The summed E-state index contributed by atoms with van der Waals surface area (Å²) in [5.41, 5.74) is 0. The second-order valence-corrected chi connectivity index (χ2v) is 3.32. The predicted octanol–water partition coefficient (Wildman–Crippen LogP) is 0.598. The molecule has 4 heteroatoms. The van der Waals surface area contributed by atoms with Crippen molar-refractivity contribution in [2.45, 2.75) is 32.5 Å². The topological polar surface area (TPSA) is 49.8 Å². The molecule has 0 unspecified atom stereocenters. The molecule has 1 aliphatic rings. The first-order chi connectivity index (χ1) is 5.59. The van der Waals surface area contributed by atoms with E-state index in [-0.39, 0.29) is 18.3 Å². The largest absolute Gasteiger partial charge is 0.447 e. The maximum absolute atomic E-state index is 11.2. The van der Waals surface area contributed by atoms with Gasteiger partial charge in [0, 0.05) is 13.1 Å². The normalized spacial score (nSPS) is 23.3. The van der Waals surface area contributed by atoms with Crippen LogP contribution in [0.25, 0.3) is 0 Å². The zero-order valence-electron chi connectivity index (χ0n) is 7.49. The quantitative estimate of drug-likeness (QED) is 0.631. The molecule has 1 aliphatic heterocycles. The minimum Gasteiger partial charge on any atom is -0.447 e. The fraction of sp³-hybridized carbons (Fsp3) is 0.875. The van der Waals surface area contributed by atoms with Gasteiger partial charge in [-0.25, -0.2) is 4.79 Å². The van der Waals surface area contributed by atoms with Crippen molar-refractivity contribution >= 4 is 6.09 Å². The van der Waals surface area contributed by atoms with Gasteiger partial charge in [-0.2, -0.15) is 0 Å². The van der Waals surface area contributed by atoms with Gasteiger partial charge in [0.1, 0.15) is 0 Å². The highest BCUT2D eigenvalue weighted by molar-refractivity contribution is 5.68. The van der Waals surface area contributed by atoms with Crippen LogP contribution in [0.4, 0.5) is 4.79 Å². The molecule has 0 bridgehead atoms. The van der Waals surface area contributed by atoms with Crippen molar-refractivity contribution in [3.8, 4) is 0 Å². The molecule has 12 heavy (non-hydrogen) atoms. The van der Waals surface area contributed by atoms with Gasteiger partial charge >= 0.3 is 6.09 Å². The lowest BCUT2D eigenvalue weighted by atomic mass is 10.3. The summed E-state index contributed by atoms with van der Waals surface area (Å²) >= 11 is 0. The monoisotopic (exact) mass is 173 g/mol. The van der Waals surface area contributed by atoms with Crippen molar-refractivity contribution in [1.82, 2.24) is 4.90 Å². The van der Waals surface area contributed by atoms with Crippen LogP contribution in [0.5, 0.6) is 0 Å². The minimum atomic E-state index is -0.371. The molecule has 0 aromatic heterocycles. The number of hydrogen-bond acceptors (Lipinski definition) is 3. The van der Waals surface area contributed by atoms with Crippen LogP contribution in [0.3, 0.4) is 0 Å². The minimum absolute atomic E-state index is 0.0877. The molecule has 1 heterocycles. The molecule has 0 aromatic rings. The Morgan fingerprint density at radius 3 is 2.75 bits per heavy atom. The molecular formula is C8H15NO3. The van der Waals surface area contributed by atoms with E-state index in [0.717, 1.165) is 0 Å². The van der Waals surface area contributed by atoms with E-state index in [1.165, 1.54) is 4.90 Å². The fourth-order valence-corrected chi connectivity index (χ4v) is 1.18. The molecule has 0 aliphatic carbocycles. The number of likely N-dealkylation sites (tertiary alicyclic amines) is 1. The zero-order valence-corrected chi connectivity index (χ0v) is 7.49. The van der Waals surface area contributed by atoms with Gasteiger partial charge in [0.2, 0.25) is 0 Å². The van der Waals surface area contributed by atoms with Crippen molar-refractivity contribution in [2.75, 3.05) is 13.1 Å². The number of hydrogen-bond donors (Lipinski definition) is 1. The predicted molar refractivity (Wildman–Crippen MR) is 43.8 cm³/mol. The van der Waals surface area contributed by atoms with Crippen LogP contribution >= 0.6 is 0 Å². The second kappa shape index (κ2) is 3.76. The Morgan fingerprint density at radius 2 is 2.33 bits per heavy atom. The number of carbonyl (C=O) groups excluding carboxylic acids is 1. The number of aliphatic hydroxyl groups excluding tert-OH is 1. The number of nitrogens with zero attached hydrogens (tertiary/aromatic N) is 1. The summed E-state index contributed by atoms with van der Waals surface area (Å²) < 4.78 is 4.96. The van der Waals surface area contributed by atoms with E-state index in [1.54, 1.807) is 0 Å². The molecule has 1 atom stereocenters. The molecule has 1 N–H and O–H groups in total. The summed E-state index contributed by atoms with van der Waals surface area (Å²) in [4.78, 5) is 12.7. The summed E-state index contributed by atoms with van der Waals surface area (Å²) in [6.45, 7) is 4.63. The third kappa shape index (κ3) is 2.37. The van der Waals surface area contributed by atoms with Crippen LogP contribution in [0.15, 0.2) is 0 Å². The molecule has 70 valence electrons. The van der Waals surface area contributed by atoms with Crippen LogP contribution < -0.4 is 0 Å². The second-order valence-electron chi connectivity index (χ2n) is 3.32. The highest BCUT2D eigenvalue weighted by atomic mass is 16.6. The van der Waals surface area contributed by atoms with E-state index in [1.807, 2.05) is 13.8 Å². The Hall–Kier alpha value is -0.770. The van der Waals surface area contributed by atoms with E-state index in [9.17, 15) is 4.79 Å². The summed E-state index contributed by atoms with van der Waals surface area (Å²) in [6, 6.07) is 0. The summed E-state index contributed by atoms with van der Waals surface area (Å²) in [5, 5.41) is 9.13. The lowest BCUT2D eigenvalue weighted by Gasteiger charge is -2.17. The maximum Gasteiger partial charge on any atom is 0.410 e. The van der Waals surface area contributed by atoms with Gasteiger partial charge in [-0.3, -0.25) is 0 Å². The smallest absolute Gasteiger partial charge is 0.410 e. The first-order valence-electron chi connectivity index (χ1n) is 4.23. The van der Waals surface area contributed by atoms with E-state index in [0.29, 0.717) is 19.5 Å². The average Bonchev–Trinajstić information content (AvgIpc) is 2.34. The zero-order chi connectivity index (χ0) is 9.14. The van der Waals surface area contributed by atoms with Crippen molar-refractivity contribution in [3.05, 3.63) is 0 Å². The van der Waals surface area contributed by atoms with Gasteiger partial charge in [0.05, 0.1) is 12.2 Å². The summed E-state index contributed by atoms with van der Waals surface area (Å²) in [5.74, 6) is 0. The Labute approximate surface area is 72.1 Å². The molecule has 4 nitrogen and oxygen atoms in total. The van der Waals surface area contributed by atoms with Crippen molar-refractivity contribution < 1.29 is 14.6 Å². The van der Waals surface area contributed by atoms with Crippen molar-refractivity contribution in [1.29, 1.82) is 0 Å². The standard InChI is InChI=1S/C8H15NO3/c1-6(2)12-8(11)9-4-3-7(10)5-9/h6-7,10H,3-5H2,1-2H3/t7-/m0/s1. The van der Waals surface area contributed by atoms with E-state index in [2.05, 4.69) is 0 Å². The molecule has 0 aromatic carbocycles. The Kier molecular flexibility index (Phi) is 2.92. The van der Waals surface area contributed by atoms with Gasteiger partial charge in [0.15, 0.2) is 0 Å². The van der Waals surface area contributed by atoms with Gasteiger partial charge < -0.3 is 14.7 Å². The lowest BCUT2D eigenvalue weighted by molar-refractivity contribution is 0.0784. The SMILES string of the molecule is CC(C)OC(=O)N1CC[C@H](O)C1. The number of β-amino-alcohol motifs (C(OH)–C–C–N with tert-alkyl or cyclic N) is 1. The molecule has 0 radical (unpaired) electrons. The van der Waals surface area contributed by atoms with E-state index >= 15 is 0 Å². The number of amides is 1. The molecule has 0 spiro atoms. The number of carbonyl (C=O) groups is 1. The number of aliphatic hydroxyl groups is 1. The average molecular weight is 173 g/mol. The highest BCUT2D eigenvalue weighted by Crippen LogP contribution is 2.10. The first kappa shape index (κ1) is 9.32. The Morgan fingerprint density at radius 1 is 1.67 bits per heavy atom. The van der Waals surface area contributed by atoms with Crippen LogP contribution in [0.2, 0.25) is 0 Å². The van der Waals surface area contributed by atoms with Crippen molar-refractivity contribution in [2.24, 2.45) is 0 Å². The van der Waals surface area contributed by atoms with E-state index < -0.39 is 0 Å². The first-order valence-corrected chi connectivity index (χ1v) is 4.23. The van der Waals surface area contributed by atoms with Crippen LogP contribution in [0, 0.1) is 0 Å². The third-order valence-corrected chi connectivity index (χ3v) is 1.76. The van der Waals surface area contributed by atoms with Crippen molar-refractivity contribution in [3.63, 3.8) is 0 Å². The van der Waals surface area contributed by atoms with Crippen LogP contribution in [-0.2, 0) is 4.74 Å². The maximum atomic E-state index is 11.2.